The van der Waals surface area contributed by atoms with Crippen LogP contribution in [0.4, 0.5) is 0 Å². The minimum atomic E-state index is 0.282. The van der Waals surface area contributed by atoms with E-state index in [1.807, 2.05) is 17.8 Å². The molecule has 0 bridgehead atoms. The van der Waals surface area contributed by atoms with E-state index in [1.54, 1.807) is 11.3 Å². The molecule has 2 rings (SSSR count). The third kappa shape index (κ3) is 3.39. The summed E-state index contributed by atoms with van der Waals surface area (Å²) < 4.78 is 0.842. The van der Waals surface area contributed by atoms with Crippen LogP contribution in [0.1, 0.15) is 31.7 Å². The molecule has 0 aliphatic carbocycles. The van der Waals surface area contributed by atoms with Gasteiger partial charge in [0.2, 0.25) is 0 Å². The molecular weight excluding hydrogens is 272 g/mol. The van der Waals surface area contributed by atoms with Crippen LogP contribution in [0.15, 0.2) is 17.1 Å². The van der Waals surface area contributed by atoms with E-state index in [1.165, 1.54) is 4.88 Å². The predicted octanol–water partition coefficient (Wildman–Crippen LogP) is 4.18. The topological polar surface area (TPSA) is 24.4 Å². The van der Waals surface area contributed by atoms with Crippen molar-refractivity contribution < 1.29 is 0 Å². The van der Waals surface area contributed by atoms with Crippen LogP contribution < -0.4 is 5.32 Å². The summed E-state index contributed by atoms with van der Waals surface area (Å²) in [6.45, 7) is 6.59. The first-order valence-corrected chi connectivity index (χ1v) is 7.96. The summed E-state index contributed by atoms with van der Waals surface area (Å²) >= 11 is 9.39. The maximum absolute atomic E-state index is 5.94. The number of hydrogen-bond donors (Lipinski definition) is 1. The van der Waals surface area contributed by atoms with Gasteiger partial charge in [0.15, 0.2) is 5.17 Å². The zero-order valence-electron chi connectivity index (χ0n) is 10.2. The molecule has 1 aromatic heterocycles. The van der Waals surface area contributed by atoms with Gasteiger partial charge in [-0.3, -0.25) is 4.99 Å². The van der Waals surface area contributed by atoms with E-state index in [0.717, 1.165) is 15.3 Å². The molecular formula is C12H17ClN2S2. The molecule has 1 N–H and O–H groups in total. The van der Waals surface area contributed by atoms with Gasteiger partial charge in [-0.2, -0.15) is 0 Å². The lowest BCUT2D eigenvalue weighted by Crippen LogP contribution is -2.22. The van der Waals surface area contributed by atoms with E-state index in [9.17, 15) is 0 Å². The second-order valence-corrected chi connectivity index (χ2v) is 7.32. The van der Waals surface area contributed by atoms with Crippen molar-refractivity contribution in [3.05, 3.63) is 21.3 Å². The van der Waals surface area contributed by atoms with Gasteiger partial charge in [0, 0.05) is 10.6 Å². The van der Waals surface area contributed by atoms with Gasteiger partial charge < -0.3 is 5.32 Å². The van der Waals surface area contributed by atoms with Crippen molar-refractivity contribution in [1.29, 1.82) is 0 Å². The van der Waals surface area contributed by atoms with Crippen LogP contribution in [0.5, 0.6) is 0 Å². The predicted molar refractivity (Wildman–Crippen MR) is 79.4 cm³/mol. The third-order valence-electron chi connectivity index (χ3n) is 2.80. The molecule has 2 heterocycles. The summed E-state index contributed by atoms with van der Waals surface area (Å²) in [4.78, 5) is 5.96. The molecule has 1 unspecified atom stereocenters. The van der Waals surface area contributed by atoms with Gasteiger partial charge in [-0.15, -0.1) is 11.3 Å². The molecule has 1 aliphatic rings. The quantitative estimate of drug-likeness (QED) is 0.902. The number of thioether (sulfide) groups is 1. The lowest BCUT2D eigenvalue weighted by molar-refractivity contribution is 0.541. The van der Waals surface area contributed by atoms with Gasteiger partial charge in [0.1, 0.15) is 0 Å². The fraction of sp³-hybridized carbons (Fsp3) is 0.583. The fourth-order valence-electron chi connectivity index (χ4n) is 1.63. The fourth-order valence-corrected chi connectivity index (χ4v) is 3.95. The normalized spacial score (nSPS) is 21.7. The third-order valence-corrected chi connectivity index (χ3v) is 5.22. The highest BCUT2D eigenvalue weighted by atomic mass is 35.5. The Kier molecular flexibility index (Phi) is 4.39. The van der Waals surface area contributed by atoms with Gasteiger partial charge in [-0.1, -0.05) is 37.2 Å². The van der Waals surface area contributed by atoms with Crippen molar-refractivity contribution in [1.82, 2.24) is 5.32 Å². The minimum absolute atomic E-state index is 0.282. The van der Waals surface area contributed by atoms with Crippen LogP contribution >= 0.6 is 34.7 Å². The number of aliphatic imine (C=N–C) groups is 1. The first-order chi connectivity index (χ1) is 8.06. The second kappa shape index (κ2) is 5.63. The Hall–Kier alpha value is -0.190. The SMILES string of the molecule is CC(NC1=N[C@@H](C(C)C)CS1)c1ccc(Cl)s1. The summed E-state index contributed by atoms with van der Waals surface area (Å²) in [6, 6.07) is 4.76. The lowest BCUT2D eigenvalue weighted by Gasteiger charge is -2.12. The van der Waals surface area contributed by atoms with Crippen LogP contribution in [-0.2, 0) is 0 Å². The van der Waals surface area contributed by atoms with E-state index >= 15 is 0 Å². The first-order valence-electron chi connectivity index (χ1n) is 5.78. The van der Waals surface area contributed by atoms with Gasteiger partial charge in [-0.25, -0.2) is 0 Å². The van der Waals surface area contributed by atoms with E-state index in [4.69, 9.17) is 16.6 Å². The Morgan fingerprint density at radius 2 is 2.18 bits per heavy atom. The van der Waals surface area contributed by atoms with E-state index in [0.29, 0.717) is 12.0 Å². The number of thiophene rings is 1. The Balaban J connectivity index is 1.96. The largest absolute Gasteiger partial charge is 0.358 e. The zero-order valence-corrected chi connectivity index (χ0v) is 12.6. The molecule has 0 amide bonds. The van der Waals surface area contributed by atoms with Crippen molar-refractivity contribution in [2.24, 2.45) is 10.9 Å². The van der Waals surface area contributed by atoms with Crippen molar-refractivity contribution in [3.8, 4) is 0 Å². The molecule has 2 nitrogen and oxygen atoms in total. The van der Waals surface area contributed by atoms with Crippen molar-refractivity contribution >= 4 is 39.9 Å². The van der Waals surface area contributed by atoms with Crippen LogP contribution in [0.2, 0.25) is 4.34 Å². The Morgan fingerprint density at radius 3 is 2.71 bits per heavy atom. The van der Waals surface area contributed by atoms with E-state index < -0.39 is 0 Å². The molecule has 5 heteroatoms. The average molecular weight is 289 g/mol. The molecule has 0 fully saturated rings. The summed E-state index contributed by atoms with van der Waals surface area (Å²) in [5.74, 6) is 1.71. The van der Waals surface area contributed by atoms with E-state index in [-0.39, 0.29) is 6.04 Å². The number of nitrogens with one attached hydrogen (secondary N) is 1. The highest BCUT2D eigenvalue weighted by Gasteiger charge is 2.22. The number of halogens is 1. The number of rotatable bonds is 3. The molecule has 0 spiro atoms. The summed E-state index contributed by atoms with van der Waals surface area (Å²) in [7, 11) is 0. The first kappa shape index (κ1) is 13.2. The van der Waals surface area contributed by atoms with Crippen LogP contribution in [0.25, 0.3) is 0 Å². The van der Waals surface area contributed by atoms with Crippen molar-refractivity contribution in [2.45, 2.75) is 32.9 Å². The number of amidine groups is 1. The van der Waals surface area contributed by atoms with E-state index in [2.05, 4.69) is 32.2 Å². The molecule has 0 aromatic carbocycles. The Bertz CT molecular complexity index is 414. The molecule has 0 saturated heterocycles. The Morgan fingerprint density at radius 1 is 1.41 bits per heavy atom. The number of hydrogen-bond acceptors (Lipinski definition) is 4. The van der Waals surface area contributed by atoms with Crippen molar-refractivity contribution in [2.75, 3.05) is 5.75 Å². The monoisotopic (exact) mass is 288 g/mol. The molecule has 94 valence electrons. The lowest BCUT2D eigenvalue weighted by atomic mass is 10.1. The van der Waals surface area contributed by atoms with Gasteiger partial charge in [0.05, 0.1) is 16.4 Å². The standard InChI is InChI=1S/C12H17ClN2S2/c1-7(2)9-6-16-12(15-9)14-8(3)10-4-5-11(13)17-10/h4-5,7-9H,6H2,1-3H3,(H,14,15)/t8?,9-/m1/s1. The average Bonchev–Trinajstić information content (AvgIpc) is 2.86. The van der Waals surface area contributed by atoms with Gasteiger partial charge >= 0.3 is 0 Å². The van der Waals surface area contributed by atoms with Gasteiger partial charge in [-0.05, 0) is 25.0 Å². The van der Waals surface area contributed by atoms with Crippen LogP contribution in [0.3, 0.4) is 0 Å². The highest BCUT2D eigenvalue weighted by Crippen LogP contribution is 2.28. The second-order valence-electron chi connectivity index (χ2n) is 4.56. The van der Waals surface area contributed by atoms with Crippen molar-refractivity contribution in [3.63, 3.8) is 0 Å². The zero-order chi connectivity index (χ0) is 12.4. The van der Waals surface area contributed by atoms with Crippen LogP contribution in [-0.4, -0.2) is 17.0 Å². The Labute approximate surface area is 116 Å². The minimum Gasteiger partial charge on any atom is -0.358 e. The van der Waals surface area contributed by atoms with Gasteiger partial charge in [0.25, 0.3) is 0 Å². The molecule has 1 aromatic rings. The maximum Gasteiger partial charge on any atom is 0.157 e. The highest BCUT2D eigenvalue weighted by molar-refractivity contribution is 8.14. The smallest absolute Gasteiger partial charge is 0.157 e. The summed E-state index contributed by atoms with van der Waals surface area (Å²) in [6.07, 6.45) is 0. The molecule has 17 heavy (non-hydrogen) atoms. The summed E-state index contributed by atoms with van der Waals surface area (Å²) in [5.41, 5.74) is 0. The maximum atomic E-state index is 5.94. The molecule has 0 radical (unpaired) electrons. The number of nitrogens with zero attached hydrogens (tertiary/aromatic N) is 1. The molecule has 1 aliphatic heterocycles. The van der Waals surface area contributed by atoms with Crippen LogP contribution in [0, 0.1) is 5.92 Å². The molecule has 0 saturated carbocycles. The summed E-state index contributed by atoms with van der Waals surface area (Å²) in [5, 5.41) is 4.53. The molecule has 2 atom stereocenters.